The molecule has 0 saturated carbocycles. The summed E-state index contributed by atoms with van der Waals surface area (Å²) >= 11 is 0. The Hall–Kier alpha value is -1.43. The number of imidazole rings is 1. The van der Waals surface area contributed by atoms with Crippen LogP contribution in [0.15, 0.2) is 24.3 Å². The zero-order valence-corrected chi connectivity index (χ0v) is 12.2. The number of fused-ring (bicyclic) bond motifs is 1. The summed E-state index contributed by atoms with van der Waals surface area (Å²) in [4.78, 5) is 4.63. The third kappa shape index (κ3) is 2.70. The summed E-state index contributed by atoms with van der Waals surface area (Å²) in [5, 5.41) is 3.39. The van der Waals surface area contributed by atoms with Crippen LogP contribution in [0.4, 0.5) is 0 Å². The highest BCUT2D eigenvalue weighted by Crippen LogP contribution is 2.21. The summed E-state index contributed by atoms with van der Waals surface area (Å²) in [6.45, 7) is 6.03. The van der Waals surface area contributed by atoms with Crippen molar-refractivity contribution >= 4 is 11.0 Å². The average molecular weight is 275 g/mol. The van der Waals surface area contributed by atoms with Gasteiger partial charge >= 0.3 is 0 Å². The van der Waals surface area contributed by atoms with E-state index in [1.165, 1.54) is 0 Å². The van der Waals surface area contributed by atoms with Gasteiger partial charge in [-0.25, -0.2) is 4.98 Å². The zero-order chi connectivity index (χ0) is 14.2. The molecule has 1 aromatic heterocycles. The Morgan fingerprint density at radius 1 is 1.40 bits per heavy atom. The van der Waals surface area contributed by atoms with E-state index in [0.717, 1.165) is 29.9 Å². The molecule has 1 saturated heterocycles. The molecule has 1 aliphatic heterocycles. The highest BCUT2D eigenvalue weighted by Gasteiger charge is 2.32. The number of hydrogen-bond acceptors (Lipinski definition) is 4. The van der Waals surface area contributed by atoms with E-state index in [4.69, 9.17) is 9.47 Å². The second-order valence-corrected chi connectivity index (χ2v) is 5.66. The smallest absolute Gasteiger partial charge is 0.163 e. The van der Waals surface area contributed by atoms with Crippen LogP contribution in [0.3, 0.4) is 0 Å². The summed E-state index contributed by atoms with van der Waals surface area (Å²) < 4.78 is 13.4. The van der Waals surface area contributed by atoms with Gasteiger partial charge in [0.05, 0.1) is 30.3 Å². The Kier molecular flexibility index (Phi) is 3.50. The minimum Gasteiger partial charge on any atom is -0.348 e. The van der Waals surface area contributed by atoms with Gasteiger partial charge in [-0.3, -0.25) is 0 Å². The first kappa shape index (κ1) is 13.5. The molecule has 2 aromatic rings. The fourth-order valence-electron chi connectivity index (χ4n) is 2.56. The molecule has 0 amide bonds. The van der Waals surface area contributed by atoms with Gasteiger partial charge in [0, 0.05) is 13.6 Å². The van der Waals surface area contributed by atoms with Gasteiger partial charge in [0.25, 0.3) is 0 Å². The predicted octanol–water partition coefficient (Wildman–Crippen LogP) is 1.81. The fraction of sp³-hybridized carbons (Fsp3) is 0.533. The number of aryl methyl sites for hydroxylation is 1. The summed E-state index contributed by atoms with van der Waals surface area (Å²) in [5.74, 6) is 0.578. The minimum absolute atomic E-state index is 0.111. The molecule has 0 bridgehead atoms. The fourth-order valence-corrected chi connectivity index (χ4v) is 2.56. The lowest BCUT2D eigenvalue weighted by atomic mass is 10.3. The van der Waals surface area contributed by atoms with Crippen LogP contribution >= 0.6 is 0 Å². The Morgan fingerprint density at radius 3 is 2.90 bits per heavy atom. The molecule has 1 atom stereocenters. The number of aromatic nitrogens is 2. The number of rotatable bonds is 4. The minimum atomic E-state index is -0.454. The van der Waals surface area contributed by atoms with E-state index in [-0.39, 0.29) is 6.10 Å². The molecule has 5 heteroatoms. The Bertz CT molecular complexity index is 606. The normalized spacial score (nSPS) is 21.6. The van der Waals surface area contributed by atoms with E-state index < -0.39 is 5.79 Å². The quantitative estimate of drug-likeness (QED) is 0.924. The first-order valence-electron chi connectivity index (χ1n) is 6.98. The van der Waals surface area contributed by atoms with E-state index in [1.807, 2.05) is 39.1 Å². The van der Waals surface area contributed by atoms with Crippen molar-refractivity contribution in [3.63, 3.8) is 0 Å². The van der Waals surface area contributed by atoms with Gasteiger partial charge in [-0.1, -0.05) is 12.1 Å². The lowest BCUT2D eigenvalue weighted by Crippen LogP contribution is -2.30. The van der Waals surface area contributed by atoms with Crippen molar-refractivity contribution in [1.82, 2.24) is 14.9 Å². The van der Waals surface area contributed by atoms with Gasteiger partial charge in [0.1, 0.15) is 5.82 Å². The van der Waals surface area contributed by atoms with Crippen LogP contribution in [0.1, 0.15) is 19.7 Å². The number of nitrogens with one attached hydrogen (secondary N) is 1. The van der Waals surface area contributed by atoms with Crippen molar-refractivity contribution in [2.45, 2.75) is 32.3 Å². The second-order valence-electron chi connectivity index (χ2n) is 5.66. The van der Waals surface area contributed by atoms with Crippen LogP contribution in [0.5, 0.6) is 0 Å². The van der Waals surface area contributed by atoms with E-state index in [2.05, 4.69) is 20.9 Å². The molecule has 1 fully saturated rings. The maximum atomic E-state index is 5.76. The average Bonchev–Trinajstić information content (AvgIpc) is 2.91. The summed E-state index contributed by atoms with van der Waals surface area (Å²) in [6.07, 6.45) is 0.111. The molecule has 1 aromatic carbocycles. The number of benzene rings is 1. The molecule has 20 heavy (non-hydrogen) atoms. The monoisotopic (exact) mass is 275 g/mol. The molecule has 2 heterocycles. The largest absolute Gasteiger partial charge is 0.348 e. The van der Waals surface area contributed by atoms with Gasteiger partial charge in [0.2, 0.25) is 0 Å². The highest BCUT2D eigenvalue weighted by atomic mass is 16.7. The van der Waals surface area contributed by atoms with Gasteiger partial charge < -0.3 is 19.4 Å². The molecule has 3 rings (SSSR count). The Morgan fingerprint density at radius 2 is 2.20 bits per heavy atom. The molecule has 0 spiro atoms. The maximum Gasteiger partial charge on any atom is 0.163 e. The van der Waals surface area contributed by atoms with Crippen molar-refractivity contribution in [3.05, 3.63) is 30.1 Å². The van der Waals surface area contributed by atoms with E-state index in [1.54, 1.807) is 0 Å². The number of nitrogens with zero attached hydrogens (tertiary/aromatic N) is 2. The third-order valence-electron chi connectivity index (χ3n) is 3.60. The van der Waals surface area contributed by atoms with Crippen LogP contribution in [0.25, 0.3) is 11.0 Å². The SMILES string of the molecule is Cn1c(CNCC2COC(C)(C)O2)nc2ccccc21. The predicted molar refractivity (Wildman–Crippen MR) is 77.3 cm³/mol. The molecule has 1 unspecified atom stereocenters. The van der Waals surface area contributed by atoms with E-state index >= 15 is 0 Å². The second kappa shape index (κ2) is 5.16. The van der Waals surface area contributed by atoms with E-state index in [9.17, 15) is 0 Å². The number of hydrogen-bond donors (Lipinski definition) is 1. The summed E-state index contributed by atoms with van der Waals surface area (Å²) in [6, 6.07) is 8.17. The standard InChI is InChI=1S/C15H21N3O2/c1-15(2)19-10-11(20-15)8-16-9-14-17-12-6-4-5-7-13(12)18(14)3/h4-7,11,16H,8-10H2,1-3H3. The van der Waals surface area contributed by atoms with E-state index in [0.29, 0.717) is 6.61 Å². The van der Waals surface area contributed by atoms with Crippen LogP contribution in [-0.2, 0) is 23.1 Å². The van der Waals surface area contributed by atoms with Gasteiger partial charge in [-0.15, -0.1) is 0 Å². The van der Waals surface area contributed by atoms with Crippen LogP contribution in [0, 0.1) is 0 Å². The van der Waals surface area contributed by atoms with Gasteiger partial charge in [-0.05, 0) is 26.0 Å². The first-order valence-corrected chi connectivity index (χ1v) is 6.98. The molecule has 0 radical (unpaired) electrons. The number of ether oxygens (including phenoxy) is 2. The topological polar surface area (TPSA) is 48.3 Å². The van der Waals surface area contributed by atoms with Gasteiger partial charge in [-0.2, -0.15) is 0 Å². The Balaban J connectivity index is 1.59. The molecule has 5 nitrogen and oxygen atoms in total. The molecular formula is C15H21N3O2. The summed E-state index contributed by atoms with van der Waals surface area (Å²) in [5.41, 5.74) is 2.19. The van der Waals surface area contributed by atoms with Crippen LogP contribution in [0.2, 0.25) is 0 Å². The van der Waals surface area contributed by atoms with Crippen LogP contribution < -0.4 is 5.32 Å². The number of para-hydroxylation sites is 2. The van der Waals surface area contributed by atoms with Crippen molar-refractivity contribution in [3.8, 4) is 0 Å². The van der Waals surface area contributed by atoms with Crippen LogP contribution in [-0.4, -0.2) is 34.6 Å². The molecule has 1 N–H and O–H groups in total. The van der Waals surface area contributed by atoms with Crippen molar-refractivity contribution < 1.29 is 9.47 Å². The zero-order valence-electron chi connectivity index (χ0n) is 12.2. The summed E-state index contributed by atoms with van der Waals surface area (Å²) in [7, 11) is 2.05. The Labute approximate surface area is 118 Å². The van der Waals surface area contributed by atoms with Crippen molar-refractivity contribution in [2.24, 2.45) is 7.05 Å². The lowest BCUT2D eigenvalue weighted by molar-refractivity contribution is -0.137. The van der Waals surface area contributed by atoms with Crippen molar-refractivity contribution in [1.29, 1.82) is 0 Å². The van der Waals surface area contributed by atoms with Gasteiger partial charge in [0.15, 0.2) is 5.79 Å². The first-order chi connectivity index (χ1) is 9.55. The third-order valence-corrected chi connectivity index (χ3v) is 3.60. The van der Waals surface area contributed by atoms with Crippen molar-refractivity contribution in [2.75, 3.05) is 13.2 Å². The highest BCUT2D eigenvalue weighted by molar-refractivity contribution is 5.75. The molecular weight excluding hydrogens is 254 g/mol. The lowest BCUT2D eigenvalue weighted by Gasteiger charge is -2.17. The molecule has 0 aliphatic carbocycles. The maximum absolute atomic E-state index is 5.76. The molecule has 108 valence electrons. The molecule has 1 aliphatic rings.